The maximum absolute atomic E-state index is 6.07. The molecule has 0 amide bonds. The largest absolute Gasteiger partial charge is 0.383 e. The number of rotatable bonds is 3. The molecule has 2 N–H and O–H groups in total. The molecule has 1 aromatic carbocycles. The van der Waals surface area contributed by atoms with Crippen molar-refractivity contribution in [3.63, 3.8) is 0 Å². The lowest BCUT2D eigenvalue weighted by Crippen LogP contribution is -2.23. The van der Waals surface area contributed by atoms with Crippen LogP contribution in [0.4, 0.5) is 5.82 Å². The van der Waals surface area contributed by atoms with Crippen LogP contribution in [0, 0.1) is 6.92 Å². The molecule has 0 bridgehead atoms. The summed E-state index contributed by atoms with van der Waals surface area (Å²) in [6.45, 7) is 2.82. The SMILES string of the molecule is Cc1c(N)nc(CC2CCCCO2)nc1-c1ccccc1. The van der Waals surface area contributed by atoms with E-state index in [-0.39, 0.29) is 6.10 Å². The van der Waals surface area contributed by atoms with E-state index in [9.17, 15) is 0 Å². The van der Waals surface area contributed by atoms with Crippen molar-refractivity contribution in [1.82, 2.24) is 9.97 Å². The summed E-state index contributed by atoms with van der Waals surface area (Å²) in [7, 11) is 0. The number of anilines is 1. The Morgan fingerprint density at radius 2 is 2.00 bits per heavy atom. The van der Waals surface area contributed by atoms with E-state index < -0.39 is 0 Å². The Bertz CT molecular complexity index is 607. The van der Waals surface area contributed by atoms with Gasteiger partial charge in [-0.15, -0.1) is 0 Å². The highest BCUT2D eigenvalue weighted by atomic mass is 16.5. The van der Waals surface area contributed by atoms with E-state index in [1.165, 1.54) is 6.42 Å². The van der Waals surface area contributed by atoms with Crippen molar-refractivity contribution < 1.29 is 4.74 Å². The number of hydrogen-bond acceptors (Lipinski definition) is 4. The van der Waals surface area contributed by atoms with Crippen molar-refractivity contribution in [2.24, 2.45) is 0 Å². The van der Waals surface area contributed by atoms with E-state index in [0.29, 0.717) is 5.82 Å². The summed E-state index contributed by atoms with van der Waals surface area (Å²) in [6.07, 6.45) is 4.42. The number of benzene rings is 1. The summed E-state index contributed by atoms with van der Waals surface area (Å²) in [5, 5.41) is 0. The molecule has 4 heteroatoms. The number of nitrogens with zero attached hydrogens (tertiary/aromatic N) is 2. The summed E-state index contributed by atoms with van der Waals surface area (Å²) in [6, 6.07) is 10.1. The van der Waals surface area contributed by atoms with Gasteiger partial charge in [0.2, 0.25) is 0 Å². The van der Waals surface area contributed by atoms with Crippen LogP contribution in [0.1, 0.15) is 30.7 Å². The number of ether oxygens (including phenoxy) is 1. The molecule has 0 spiro atoms. The predicted octanol–water partition coefficient (Wildman–Crippen LogP) is 3.15. The minimum absolute atomic E-state index is 0.226. The van der Waals surface area contributed by atoms with E-state index in [1.807, 2.05) is 25.1 Å². The van der Waals surface area contributed by atoms with E-state index in [4.69, 9.17) is 15.5 Å². The minimum Gasteiger partial charge on any atom is -0.383 e. The van der Waals surface area contributed by atoms with Gasteiger partial charge in [-0.05, 0) is 26.2 Å². The van der Waals surface area contributed by atoms with Gasteiger partial charge in [0.25, 0.3) is 0 Å². The number of hydrogen-bond donors (Lipinski definition) is 1. The summed E-state index contributed by atoms with van der Waals surface area (Å²) >= 11 is 0. The van der Waals surface area contributed by atoms with E-state index in [0.717, 1.165) is 48.5 Å². The van der Waals surface area contributed by atoms with Crippen molar-refractivity contribution >= 4 is 5.82 Å². The number of aromatic nitrogens is 2. The minimum atomic E-state index is 0.226. The molecule has 1 atom stereocenters. The Balaban J connectivity index is 1.90. The predicted molar refractivity (Wildman–Crippen MR) is 83.9 cm³/mol. The molecule has 2 heterocycles. The average molecular weight is 283 g/mol. The van der Waals surface area contributed by atoms with Crippen LogP contribution in [0.2, 0.25) is 0 Å². The van der Waals surface area contributed by atoms with Crippen molar-refractivity contribution in [3.05, 3.63) is 41.7 Å². The molecule has 2 aromatic rings. The van der Waals surface area contributed by atoms with Gasteiger partial charge in [-0.1, -0.05) is 30.3 Å². The molecule has 1 saturated heterocycles. The van der Waals surface area contributed by atoms with Crippen LogP contribution in [0.5, 0.6) is 0 Å². The summed E-state index contributed by atoms with van der Waals surface area (Å²) in [5.74, 6) is 1.35. The fourth-order valence-corrected chi connectivity index (χ4v) is 2.72. The maximum atomic E-state index is 6.07. The fourth-order valence-electron chi connectivity index (χ4n) is 2.72. The van der Waals surface area contributed by atoms with Gasteiger partial charge >= 0.3 is 0 Å². The highest BCUT2D eigenvalue weighted by Crippen LogP contribution is 2.25. The normalized spacial score (nSPS) is 18.6. The topological polar surface area (TPSA) is 61.0 Å². The van der Waals surface area contributed by atoms with E-state index >= 15 is 0 Å². The lowest BCUT2D eigenvalue weighted by Gasteiger charge is -2.22. The van der Waals surface area contributed by atoms with Gasteiger partial charge in [-0.2, -0.15) is 0 Å². The molecule has 1 aliphatic heterocycles. The van der Waals surface area contributed by atoms with Crippen LogP contribution in [0.25, 0.3) is 11.3 Å². The van der Waals surface area contributed by atoms with Crippen LogP contribution < -0.4 is 5.73 Å². The molecule has 1 aromatic heterocycles. The van der Waals surface area contributed by atoms with Gasteiger partial charge in [-0.25, -0.2) is 9.97 Å². The van der Waals surface area contributed by atoms with Crippen molar-refractivity contribution in [2.75, 3.05) is 12.3 Å². The molecule has 3 rings (SSSR count). The van der Waals surface area contributed by atoms with Gasteiger partial charge in [0.15, 0.2) is 0 Å². The van der Waals surface area contributed by atoms with Crippen LogP contribution in [0.3, 0.4) is 0 Å². The zero-order chi connectivity index (χ0) is 14.7. The standard InChI is InChI=1S/C17H21N3O/c1-12-16(13-7-3-2-4-8-13)19-15(20-17(12)18)11-14-9-5-6-10-21-14/h2-4,7-8,14H,5-6,9-11H2,1H3,(H2,18,19,20). The average Bonchev–Trinajstić information content (AvgIpc) is 2.52. The summed E-state index contributed by atoms with van der Waals surface area (Å²) in [4.78, 5) is 9.17. The first kappa shape index (κ1) is 14.0. The van der Waals surface area contributed by atoms with E-state index in [2.05, 4.69) is 17.1 Å². The van der Waals surface area contributed by atoms with Crippen LogP contribution in [-0.4, -0.2) is 22.7 Å². The zero-order valence-electron chi connectivity index (χ0n) is 12.4. The Morgan fingerprint density at radius 1 is 1.19 bits per heavy atom. The van der Waals surface area contributed by atoms with Crippen LogP contribution in [-0.2, 0) is 11.2 Å². The number of nitrogen functional groups attached to an aromatic ring is 1. The smallest absolute Gasteiger partial charge is 0.134 e. The Morgan fingerprint density at radius 3 is 2.71 bits per heavy atom. The molecule has 0 radical (unpaired) electrons. The molecule has 21 heavy (non-hydrogen) atoms. The van der Waals surface area contributed by atoms with Gasteiger partial charge in [0.1, 0.15) is 11.6 Å². The quantitative estimate of drug-likeness (QED) is 0.940. The van der Waals surface area contributed by atoms with Gasteiger partial charge in [0.05, 0.1) is 11.8 Å². The monoisotopic (exact) mass is 283 g/mol. The van der Waals surface area contributed by atoms with Gasteiger partial charge in [0, 0.05) is 24.2 Å². The number of nitrogens with two attached hydrogens (primary N) is 1. The van der Waals surface area contributed by atoms with Crippen LogP contribution in [0.15, 0.2) is 30.3 Å². The molecule has 0 saturated carbocycles. The second kappa shape index (κ2) is 6.22. The maximum Gasteiger partial charge on any atom is 0.134 e. The van der Waals surface area contributed by atoms with Crippen molar-refractivity contribution in [3.8, 4) is 11.3 Å². The first-order valence-corrected chi connectivity index (χ1v) is 7.54. The molecule has 4 nitrogen and oxygen atoms in total. The van der Waals surface area contributed by atoms with E-state index in [1.54, 1.807) is 0 Å². The first-order chi connectivity index (χ1) is 10.2. The molecule has 1 aliphatic rings. The Kier molecular flexibility index (Phi) is 4.15. The second-order valence-electron chi connectivity index (χ2n) is 5.56. The fraction of sp³-hybridized carbons (Fsp3) is 0.412. The van der Waals surface area contributed by atoms with Crippen molar-refractivity contribution in [2.45, 2.75) is 38.7 Å². The first-order valence-electron chi connectivity index (χ1n) is 7.54. The molecule has 1 unspecified atom stereocenters. The highest BCUT2D eigenvalue weighted by molar-refractivity contribution is 5.67. The zero-order valence-corrected chi connectivity index (χ0v) is 12.4. The Hall–Kier alpha value is -1.94. The second-order valence-corrected chi connectivity index (χ2v) is 5.56. The third-order valence-corrected chi connectivity index (χ3v) is 3.96. The van der Waals surface area contributed by atoms with Crippen LogP contribution >= 0.6 is 0 Å². The molecule has 110 valence electrons. The van der Waals surface area contributed by atoms with Crippen molar-refractivity contribution in [1.29, 1.82) is 0 Å². The summed E-state index contributed by atoms with van der Waals surface area (Å²) < 4.78 is 5.78. The molecule has 1 fully saturated rings. The Labute approximate surface area is 125 Å². The molecule has 0 aliphatic carbocycles. The molecular formula is C17H21N3O. The van der Waals surface area contributed by atoms with Gasteiger partial charge < -0.3 is 10.5 Å². The third kappa shape index (κ3) is 3.22. The third-order valence-electron chi connectivity index (χ3n) is 3.96. The highest BCUT2D eigenvalue weighted by Gasteiger charge is 2.18. The molecular weight excluding hydrogens is 262 g/mol. The summed E-state index contributed by atoms with van der Waals surface area (Å²) in [5.41, 5.74) is 9.01. The van der Waals surface area contributed by atoms with Gasteiger partial charge in [-0.3, -0.25) is 0 Å². The lowest BCUT2D eigenvalue weighted by molar-refractivity contribution is 0.0157. The lowest BCUT2D eigenvalue weighted by atomic mass is 10.0.